The quantitative estimate of drug-likeness (QED) is 0.128. The minimum atomic E-state index is -1.39. The Balaban J connectivity index is 2.37. The highest BCUT2D eigenvalue weighted by Crippen LogP contribution is 2.05. The molecule has 0 spiro atoms. The normalized spacial score (nSPS) is 12.5. The Hall–Kier alpha value is -3.26. The molecule has 14 nitrogen and oxygen atoms in total. The van der Waals surface area contributed by atoms with Crippen molar-refractivity contribution < 1.29 is 43.6 Å². The van der Waals surface area contributed by atoms with Crippen LogP contribution in [-0.4, -0.2) is 82.2 Å². The molecule has 180 valence electrons. The number of carboxylic acid groups (broad SMARTS) is 2. The molecular formula is C18H29N5O9. The van der Waals surface area contributed by atoms with E-state index in [2.05, 4.69) is 20.9 Å². The first kappa shape index (κ1) is 26.8. The van der Waals surface area contributed by atoms with Crippen LogP contribution < -0.4 is 10.6 Å². The second-order valence-electron chi connectivity index (χ2n) is 6.68. The molecule has 2 amide bonds. The highest BCUT2D eigenvalue weighted by atomic mass is 16.5. The van der Waals surface area contributed by atoms with Gasteiger partial charge in [0.25, 0.3) is 6.47 Å². The van der Waals surface area contributed by atoms with E-state index in [1.807, 2.05) is 0 Å². The summed E-state index contributed by atoms with van der Waals surface area (Å²) in [5.41, 5.74) is 0.678. The average molecular weight is 459 g/mol. The summed E-state index contributed by atoms with van der Waals surface area (Å²) >= 11 is 0. The number of aromatic nitrogens is 3. The van der Waals surface area contributed by atoms with Gasteiger partial charge in [-0.25, -0.2) is 9.59 Å². The van der Waals surface area contributed by atoms with Crippen molar-refractivity contribution in [2.75, 3.05) is 20.3 Å². The van der Waals surface area contributed by atoms with Gasteiger partial charge in [-0.15, -0.1) is 5.10 Å². The molecule has 0 saturated carbocycles. The topological polar surface area (TPSA) is 191 Å². The lowest BCUT2D eigenvalue weighted by molar-refractivity contribution is -0.141. The zero-order valence-electron chi connectivity index (χ0n) is 17.8. The standard InChI is InChI=1S/C18H29N5O9/c1-30-8-9-31-11-13-10-23(22-21-13)7-3-2-4-15(32-12-24)20-18(29)19-14(17(27)28)5-6-16(25)26/h10,12,14-15H,2-9,11H2,1H3,(H,25,26)(H,27,28)(H2,19,20,29)/t14-,15+/m0/s1. The summed E-state index contributed by atoms with van der Waals surface area (Å²) in [5.74, 6) is -2.55. The third-order valence-corrected chi connectivity index (χ3v) is 4.13. The second kappa shape index (κ2) is 15.5. The maximum atomic E-state index is 12.0. The SMILES string of the molecule is COCCOCc1cn(CCCC[C@H](NC(=O)N[C@@H](CCC(=O)O)C(=O)O)OC=O)nn1. The number of ether oxygens (including phenoxy) is 3. The van der Waals surface area contributed by atoms with Gasteiger partial charge in [-0.1, -0.05) is 5.21 Å². The van der Waals surface area contributed by atoms with Gasteiger partial charge in [0.15, 0.2) is 6.23 Å². The Morgan fingerprint density at radius 2 is 1.97 bits per heavy atom. The van der Waals surface area contributed by atoms with Crippen molar-refractivity contribution in [1.29, 1.82) is 0 Å². The van der Waals surface area contributed by atoms with Gasteiger partial charge in [0.05, 0.1) is 26.0 Å². The summed E-state index contributed by atoms with van der Waals surface area (Å²) in [6.07, 6.45) is 1.55. The number of methoxy groups -OCH3 is 1. The molecule has 0 unspecified atom stereocenters. The molecule has 1 rings (SSSR count). The molecule has 2 atom stereocenters. The van der Waals surface area contributed by atoms with E-state index in [0.717, 1.165) is 0 Å². The first-order valence-corrected chi connectivity index (χ1v) is 9.92. The van der Waals surface area contributed by atoms with Crippen LogP contribution in [0.5, 0.6) is 0 Å². The van der Waals surface area contributed by atoms with E-state index in [4.69, 9.17) is 24.4 Å². The molecule has 4 N–H and O–H groups in total. The van der Waals surface area contributed by atoms with Crippen molar-refractivity contribution in [2.45, 2.75) is 57.5 Å². The Morgan fingerprint density at radius 1 is 1.19 bits per heavy atom. The van der Waals surface area contributed by atoms with Gasteiger partial charge in [-0.2, -0.15) is 0 Å². The Labute approximate surface area is 184 Å². The number of carboxylic acids is 2. The number of amides is 2. The third-order valence-electron chi connectivity index (χ3n) is 4.13. The van der Waals surface area contributed by atoms with Crippen molar-refractivity contribution in [1.82, 2.24) is 25.6 Å². The molecular weight excluding hydrogens is 430 g/mol. The zero-order chi connectivity index (χ0) is 23.8. The van der Waals surface area contributed by atoms with E-state index in [1.54, 1.807) is 18.0 Å². The molecule has 1 aromatic heterocycles. The van der Waals surface area contributed by atoms with E-state index in [1.165, 1.54) is 0 Å². The van der Waals surface area contributed by atoms with E-state index in [9.17, 15) is 19.2 Å². The van der Waals surface area contributed by atoms with Crippen LogP contribution in [0.3, 0.4) is 0 Å². The van der Waals surface area contributed by atoms with Crippen molar-refractivity contribution in [3.05, 3.63) is 11.9 Å². The Kier molecular flexibility index (Phi) is 13.0. The van der Waals surface area contributed by atoms with Crippen LogP contribution in [0.25, 0.3) is 0 Å². The lowest BCUT2D eigenvalue weighted by Gasteiger charge is -2.19. The maximum absolute atomic E-state index is 12.0. The number of aryl methyl sites for hydroxylation is 1. The molecule has 0 aromatic carbocycles. The third kappa shape index (κ3) is 11.8. The highest BCUT2D eigenvalue weighted by Gasteiger charge is 2.22. The summed E-state index contributed by atoms with van der Waals surface area (Å²) in [7, 11) is 1.58. The van der Waals surface area contributed by atoms with Crippen LogP contribution in [-0.2, 0) is 41.7 Å². The summed E-state index contributed by atoms with van der Waals surface area (Å²) in [6, 6.07) is -2.27. The van der Waals surface area contributed by atoms with Crippen molar-refractivity contribution in [3.63, 3.8) is 0 Å². The van der Waals surface area contributed by atoms with Crippen LogP contribution in [0.15, 0.2) is 6.20 Å². The van der Waals surface area contributed by atoms with Gasteiger partial charge in [0.1, 0.15) is 11.7 Å². The van der Waals surface area contributed by atoms with Gasteiger partial charge in [-0.3, -0.25) is 14.3 Å². The first-order chi connectivity index (χ1) is 15.3. The Bertz CT molecular complexity index is 727. The monoisotopic (exact) mass is 459 g/mol. The molecule has 1 aromatic rings. The van der Waals surface area contributed by atoms with E-state index in [0.29, 0.717) is 44.9 Å². The van der Waals surface area contributed by atoms with Gasteiger partial charge < -0.3 is 35.1 Å². The fraction of sp³-hybridized carbons (Fsp3) is 0.667. The molecule has 0 aliphatic heterocycles. The maximum Gasteiger partial charge on any atom is 0.326 e. The number of unbranched alkanes of at least 4 members (excludes halogenated alkanes) is 1. The number of nitrogens with zero attached hydrogens (tertiary/aromatic N) is 3. The van der Waals surface area contributed by atoms with Gasteiger partial charge in [0, 0.05) is 26.5 Å². The molecule has 1 heterocycles. The number of aliphatic carboxylic acids is 2. The van der Waals surface area contributed by atoms with Gasteiger partial charge in [-0.05, 0) is 19.3 Å². The predicted octanol–water partition coefficient (Wildman–Crippen LogP) is -0.272. The molecule has 0 aliphatic carbocycles. The van der Waals surface area contributed by atoms with E-state index >= 15 is 0 Å². The minimum Gasteiger partial charge on any atom is -0.481 e. The summed E-state index contributed by atoms with van der Waals surface area (Å²) in [4.78, 5) is 44.4. The predicted molar refractivity (Wildman–Crippen MR) is 106 cm³/mol. The number of carbonyl (C=O) groups excluding carboxylic acids is 2. The van der Waals surface area contributed by atoms with Crippen LogP contribution in [0.1, 0.15) is 37.8 Å². The molecule has 0 aliphatic rings. The summed E-state index contributed by atoms with van der Waals surface area (Å²) in [6.45, 7) is 1.98. The van der Waals surface area contributed by atoms with Gasteiger partial charge in [0.2, 0.25) is 0 Å². The summed E-state index contributed by atoms with van der Waals surface area (Å²) in [5, 5.41) is 30.2. The number of rotatable bonds is 18. The highest BCUT2D eigenvalue weighted by molar-refractivity contribution is 5.83. The van der Waals surface area contributed by atoms with Crippen LogP contribution in [0.4, 0.5) is 4.79 Å². The van der Waals surface area contributed by atoms with Crippen LogP contribution in [0.2, 0.25) is 0 Å². The molecule has 32 heavy (non-hydrogen) atoms. The molecule has 0 radical (unpaired) electrons. The minimum absolute atomic E-state index is 0.178. The molecule has 0 bridgehead atoms. The van der Waals surface area contributed by atoms with Crippen LogP contribution >= 0.6 is 0 Å². The van der Waals surface area contributed by atoms with Crippen molar-refractivity contribution >= 4 is 24.4 Å². The number of carbonyl (C=O) groups is 4. The largest absolute Gasteiger partial charge is 0.481 e. The second-order valence-corrected chi connectivity index (χ2v) is 6.68. The lowest BCUT2D eigenvalue weighted by atomic mass is 10.1. The molecule has 0 saturated heterocycles. The van der Waals surface area contributed by atoms with Crippen molar-refractivity contribution in [3.8, 4) is 0 Å². The van der Waals surface area contributed by atoms with Crippen LogP contribution in [0, 0.1) is 0 Å². The van der Waals surface area contributed by atoms with E-state index < -0.39 is 36.7 Å². The molecule has 14 heteroatoms. The van der Waals surface area contributed by atoms with Crippen molar-refractivity contribution in [2.24, 2.45) is 0 Å². The van der Waals surface area contributed by atoms with Gasteiger partial charge >= 0.3 is 18.0 Å². The molecule has 0 fully saturated rings. The lowest BCUT2D eigenvalue weighted by Crippen LogP contribution is -2.49. The first-order valence-electron chi connectivity index (χ1n) is 9.92. The number of nitrogens with one attached hydrogen (secondary N) is 2. The number of hydrogen-bond donors (Lipinski definition) is 4. The number of hydrogen-bond acceptors (Lipinski definition) is 9. The zero-order valence-corrected chi connectivity index (χ0v) is 17.8. The fourth-order valence-electron chi connectivity index (χ4n) is 2.55. The van der Waals surface area contributed by atoms with E-state index in [-0.39, 0.29) is 19.3 Å². The fourth-order valence-corrected chi connectivity index (χ4v) is 2.55. The smallest absolute Gasteiger partial charge is 0.326 e. The Morgan fingerprint density at radius 3 is 2.62 bits per heavy atom. The average Bonchev–Trinajstić information content (AvgIpc) is 3.19. The number of urea groups is 1. The summed E-state index contributed by atoms with van der Waals surface area (Å²) < 4.78 is 16.7.